The van der Waals surface area contributed by atoms with Crippen molar-refractivity contribution in [3.63, 3.8) is 0 Å². The Kier molecular flexibility index (Phi) is 4.11. The third-order valence-corrected chi connectivity index (χ3v) is 5.34. The fourth-order valence-corrected chi connectivity index (χ4v) is 3.80. The Morgan fingerprint density at radius 2 is 1.96 bits per heavy atom. The summed E-state index contributed by atoms with van der Waals surface area (Å²) in [4.78, 5) is 45.3. The number of benzene rings is 1. The summed E-state index contributed by atoms with van der Waals surface area (Å²) in [6.45, 7) is 0.232. The molecule has 0 saturated carbocycles. The van der Waals surface area contributed by atoms with Crippen molar-refractivity contribution in [3.8, 4) is 0 Å². The van der Waals surface area contributed by atoms with E-state index in [9.17, 15) is 14.4 Å². The number of rotatable bonds is 4. The first kappa shape index (κ1) is 17.2. The number of thiazole rings is 1. The second kappa shape index (κ2) is 6.47. The maximum atomic E-state index is 12.4. The van der Waals surface area contributed by atoms with Crippen LogP contribution in [0.1, 0.15) is 5.01 Å². The molecule has 0 unspecified atom stereocenters. The second-order valence-electron chi connectivity index (χ2n) is 6.10. The third-order valence-electron chi connectivity index (χ3n) is 4.31. The van der Waals surface area contributed by atoms with E-state index in [0.29, 0.717) is 6.54 Å². The van der Waals surface area contributed by atoms with Gasteiger partial charge in [-0.3, -0.25) is 18.7 Å². The van der Waals surface area contributed by atoms with Crippen LogP contribution in [0.4, 0.5) is 0 Å². The largest absolute Gasteiger partial charge is 0.348 e. The van der Waals surface area contributed by atoms with Crippen LogP contribution >= 0.6 is 11.3 Å². The molecule has 138 valence electrons. The number of hydrogen-bond acceptors (Lipinski definition) is 6. The van der Waals surface area contributed by atoms with E-state index in [1.165, 1.54) is 40.9 Å². The monoisotopic (exact) mass is 384 g/mol. The number of nitrogens with zero attached hydrogens (tertiary/aromatic N) is 5. The van der Waals surface area contributed by atoms with Gasteiger partial charge in [-0.25, -0.2) is 14.8 Å². The number of amides is 1. The minimum absolute atomic E-state index is 0.0746. The molecule has 1 N–H and O–H groups in total. The molecule has 0 spiro atoms. The Morgan fingerprint density at radius 1 is 1.19 bits per heavy atom. The van der Waals surface area contributed by atoms with Crippen molar-refractivity contribution in [1.29, 1.82) is 0 Å². The molecule has 0 radical (unpaired) electrons. The molecular weight excluding hydrogens is 368 g/mol. The molecule has 4 rings (SSSR count). The van der Waals surface area contributed by atoms with Crippen molar-refractivity contribution in [2.45, 2.75) is 13.1 Å². The van der Waals surface area contributed by atoms with Crippen LogP contribution in [-0.2, 0) is 32.0 Å². The van der Waals surface area contributed by atoms with E-state index in [1.54, 1.807) is 0 Å². The lowest BCUT2D eigenvalue weighted by atomic mass is 10.3. The van der Waals surface area contributed by atoms with Crippen LogP contribution in [0, 0.1) is 0 Å². The summed E-state index contributed by atoms with van der Waals surface area (Å²) in [7, 11) is 2.93. The summed E-state index contributed by atoms with van der Waals surface area (Å²) in [5.41, 5.74) is 0.427. The Hall–Kier alpha value is -3.27. The van der Waals surface area contributed by atoms with Gasteiger partial charge in [0.1, 0.15) is 11.6 Å². The molecule has 0 bridgehead atoms. The Labute approximate surface area is 156 Å². The maximum absolute atomic E-state index is 12.4. The molecule has 0 aliphatic rings. The summed E-state index contributed by atoms with van der Waals surface area (Å²) < 4.78 is 4.79. The minimum atomic E-state index is -0.482. The van der Waals surface area contributed by atoms with E-state index in [4.69, 9.17) is 0 Å². The van der Waals surface area contributed by atoms with Gasteiger partial charge in [-0.05, 0) is 12.1 Å². The summed E-state index contributed by atoms with van der Waals surface area (Å²) in [6, 6.07) is 7.77. The van der Waals surface area contributed by atoms with Crippen molar-refractivity contribution in [2.24, 2.45) is 14.1 Å². The smallest absolute Gasteiger partial charge is 0.332 e. The van der Waals surface area contributed by atoms with Gasteiger partial charge in [0.2, 0.25) is 5.91 Å². The zero-order valence-corrected chi connectivity index (χ0v) is 15.5. The fraction of sp³-hybridized carbons (Fsp3) is 0.235. The average molecular weight is 384 g/mol. The van der Waals surface area contributed by atoms with Gasteiger partial charge in [0.15, 0.2) is 11.2 Å². The number of aromatic nitrogens is 5. The van der Waals surface area contributed by atoms with E-state index >= 15 is 0 Å². The molecule has 1 amide bonds. The number of nitrogens with one attached hydrogen (secondary N) is 1. The normalized spacial score (nSPS) is 11.3. The number of imidazole rings is 1. The Morgan fingerprint density at radius 3 is 2.74 bits per heavy atom. The zero-order valence-electron chi connectivity index (χ0n) is 14.7. The van der Waals surface area contributed by atoms with Gasteiger partial charge in [0.25, 0.3) is 5.56 Å². The lowest BCUT2D eigenvalue weighted by molar-refractivity contribution is -0.121. The topological polar surface area (TPSA) is 104 Å². The van der Waals surface area contributed by atoms with E-state index in [2.05, 4.69) is 15.3 Å². The molecule has 4 aromatic rings. The molecule has 10 heteroatoms. The zero-order chi connectivity index (χ0) is 19.1. The third kappa shape index (κ3) is 2.93. The van der Waals surface area contributed by atoms with Gasteiger partial charge >= 0.3 is 5.69 Å². The van der Waals surface area contributed by atoms with Gasteiger partial charge in [-0.1, -0.05) is 12.1 Å². The van der Waals surface area contributed by atoms with Gasteiger partial charge in [0.05, 0.1) is 23.1 Å². The quantitative estimate of drug-likeness (QED) is 0.547. The Bertz CT molecular complexity index is 1260. The molecule has 27 heavy (non-hydrogen) atoms. The average Bonchev–Trinajstić information content (AvgIpc) is 3.26. The fourth-order valence-electron chi connectivity index (χ4n) is 2.90. The second-order valence-corrected chi connectivity index (χ2v) is 7.22. The van der Waals surface area contributed by atoms with E-state index in [1.807, 2.05) is 24.3 Å². The predicted molar refractivity (Wildman–Crippen MR) is 102 cm³/mol. The van der Waals surface area contributed by atoms with Gasteiger partial charge < -0.3 is 9.88 Å². The number of hydrogen-bond donors (Lipinski definition) is 1. The number of carbonyl (C=O) groups excluding carboxylic acids is 1. The van der Waals surface area contributed by atoms with Gasteiger partial charge in [-0.15, -0.1) is 11.3 Å². The van der Waals surface area contributed by atoms with E-state index in [-0.39, 0.29) is 23.6 Å². The van der Waals surface area contributed by atoms with Crippen molar-refractivity contribution in [3.05, 3.63) is 56.4 Å². The highest BCUT2D eigenvalue weighted by atomic mass is 32.1. The van der Waals surface area contributed by atoms with Crippen LogP contribution < -0.4 is 16.6 Å². The number of carbonyl (C=O) groups is 1. The molecule has 3 aromatic heterocycles. The summed E-state index contributed by atoms with van der Waals surface area (Å²) in [6.07, 6.45) is 1.39. The minimum Gasteiger partial charge on any atom is -0.348 e. The Balaban J connectivity index is 1.54. The van der Waals surface area contributed by atoms with Crippen LogP contribution in [0.25, 0.3) is 21.4 Å². The van der Waals surface area contributed by atoms with Crippen LogP contribution in [-0.4, -0.2) is 29.6 Å². The van der Waals surface area contributed by atoms with E-state index in [0.717, 1.165) is 19.8 Å². The van der Waals surface area contributed by atoms with Crippen molar-refractivity contribution < 1.29 is 4.79 Å². The summed E-state index contributed by atoms with van der Waals surface area (Å²) in [5.74, 6) is -0.274. The maximum Gasteiger partial charge on any atom is 0.332 e. The SMILES string of the molecule is Cn1c(=O)c2c(ncn2CC(=O)NCc2nc3ccccc3s2)n(C)c1=O. The van der Waals surface area contributed by atoms with Crippen molar-refractivity contribution >= 4 is 38.6 Å². The first-order valence-corrected chi connectivity index (χ1v) is 8.99. The lowest BCUT2D eigenvalue weighted by Gasteiger charge is -2.07. The highest BCUT2D eigenvalue weighted by molar-refractivity contribution is 7.18. The van der Waals surface area contributed by atoms with E-state index < -0.39 is 11.2 Å². The first-order chi connectivity index (χ1) is 13.0. The van der Waals surface area contributed by atoms with Crippen molar-refractivity contribution in [1.82, 2.24) is 29.0 Å². The molecular formula is C17H16N6O3S. The summed E-state index contributed by atoms with van der Waals surface area (Å²) in [5, 5.41) is 3.61. The van der Waals surface area contributed by atoms with Crippen LogP contribution in [0.15, 0.2) is 40.2 Å². The molecule has 0 aliphatic carbocycles. The molecule has 0 saturated heterocycles. The molecule has 1 aromatic carbocycles. The highest BCUT2D eigenvalue weighted by Crippen LogP contribution is 2.21. The highest BCUT2D eigenvalue weighted by Gasteiger charge is 2.16. The molecule has 0 atom stereocenters. The predicted octanol–water partition coefficient (Wildman–Crippen LogP) is 0.360. The van der Waals surface area contributed by atoms with Crippen molar-refractivity contribution in [2.75, 3.05) is 0 Å². The lowest BCUT2D eigenvalue weighted by Crippen LogP contribution is -2.38. The van der Waals surface area contributed by atoms with Crippen LogP contribution in [0.3, 0.4) is 0 Å². The number of para-hydroxylation sites is 1. The van der Waals surface area contributed by atoms with Crippen LogP contribution in [0.2, 0.25) is 0 Å². The number of fused-ring (bicyclic) bond motifs is 2. The molecule has 0 fully saturated rings. The molecule has 3 heterocycles. The van der Waals surface area contributed by atoms with Crippen LogP contribution in [0.5, 0.6) is 0 Å². The van der Waals surface area contributed by atoms with Gasteiger partial charge in [-0.2, -0.15) is 0 Å². The molecule has 0 aliphatic heterocycles. The summed E-state index contributed by atoms with van der Waals surface area (Å²) >= 11 is 1.52. The standard InChI is InChI=1S/C17H16N6O3S/c1-21-15-14(16(25)22(2)17(21)26)23(9-19-15)8-12(24)18-7-13-20-10-5-3-4-6-11(10)27-13/h3-6,9H,7-8H2,1-2H3,(H,18,24). The van der Waals surface area contributed by atoms with Gasteiger partial charge in [0, 0.05) is 14.1 Å². The first-order valence-electron chi connectivity index (χ1n) is 8.17. The molecule has 9 nitrogen and oxygen atoms in total. The number of aryl methyl sites for hydroxylation is 1.